The third-order valence-corrected chi connectivity index (χ3v) is 8.38. The van der Waals surface area contributed by atoms with Gasteiger partial charge >= 0.3 is 5.91 Å². The third-order valence-electron chi connectivity index (χ3n) is 8.38. The molecule has 5 N–H and O–H groups in total. The number of Topliss-reactive ketones (excluding diaryl/α,β-unsaturated/α-hetero) is 3. The summed E-state index contributed by atoms with van der Waals surface area (Å²) in [6, 6.07) is 5.93. The van der Waals surface area contributed by atoms with Crippen LogP contribution in [-0.4, -0.2) is 62.7 Å². The van der Waals surface area contributed by atoms with E-state index in [2.05, 4.69) is 15.5 Å². The van der Waals surface area contributed by atoms with Crippen molar-refractivity contribution >= 4 is 46.0 Å². The van der Waals surface area contributed by atoms with Gasteiger partial charge in [0.05, 0.1) is 52.9 Å². The first kappa shape index (κ1) is 27.5. The number of phenols is 3. The van der Waals surface area contributed by atoms with E-state index in [1.165, 1.54) is 30.5 Å². The van der Waals surface area contributed by atoms with Gasteiger partial charge in [0.15, 0.2) is 28.9 Å². The van der Waals surface area contributed by atoms with E-state index in [0.29, 0.717) is 5.56 Å². The number of hydrazone groups is 1. The molecule has 3 aliphatic rings. The lowest BCUT2D eigenvalue weighted by Crippen LogP contribution is -2.36. The van der Waals surface area contributed by atoms with Crippen LogP contribution < -0.4 is 11.0 Å². The number of methoxy groups -OCH3 is 1. The number of hydrogen-bond acceptors (Lipinski definition) is 12. The number of nitrogens with zero attached hydrogens (tertiary/aromatic N) is 1. The molecule has 45 heavy (non-hydrogen) atoms. The standard InChI is InChI=1S/C31H19N3O11/c1-44-16-9-14(35)18-19(23(16)36)25(38)21-20(24(18)37)27(40)31(28(21)41)5-4-11-7-12-8-13(33-30(43)17(12)26(39)22(11)31)10-32-34-29(42)15-3-2-6-45-15/h2-3,6-10,37-39H,4-5H2,1H3,(H,33,43)(H,34,42). The van der Waals surface area contributed by atoms with Crippen molar-refractivity contribution in [3.63, 3.8) is 0 Å². The molecular formula is C31H19N3O11. The zero-order valence-electron chi connectivity index (χ0n) is 23.0. The fraction of sp³-hybridized carbons (Fsp3) is 0.129. The zero-order chi connectivity index (χ0) is 31.9. The molecule has 2 heterocycles. The first-order valence-electron chi connectivity index (χ1n) is 13.4. The summed E-state index contributed by atoms with van der Waals surface area (Å²) in [7, 11) is 1.12. The molecule has 7 rings (SSSR count). The number of aryl methyl sites for hydroxylation is 1. The number of aromatic hydroxyl groups is 3. The Balaban J connectivity index is 1.33. The van der Waals surface area contributed by atoms with Gasteiger partial charge in [0.1, 0.15) is 22.7 Å². The molecular weight excluding hydrogens is 590 g/mol. The van der Waals surface area contributed by atoms with Gasteiger partial charge in [-0.05, 0) is 42.0 Å². The van der Waals surface area contributed by atoms with Gasteiger partial charge in [0.2, 0.25) is 5.78 Å². The van der Waals surface area contributed by atoms with E-state index >= 15 is 0 Å². The fourth-order valence-corrected chi connectivity index (χ4v) is 6.45. The van der Waals surface area contributed by atoms with E-state index in [0.717, 1.165) is 19.4 Å². The van der Waals surface area contributed by atoms with Crippen LogP contribution in [0.1, 0.15) is 75.2 Å². The molecule has 1 unspecified atom stereocenters. The largest absolute Gasteiger partial charge is 0.507 e. The highest BCUT2D eigenvalue weighted by Gasteiger charge is 2.61. The second-order valence-corrected chi connectivity index (χ2v) is 10.6. The van der Waals surface area contributed by atoms with Crippen LogP contribution in [0.4, 0.5) is 0 Å². The van der Waals surface area contributed by atoms with Crippen molar-refractivity contribution in [2.75, 3.05) is 7.11 Å². The number of fused-ring (bicyclic) bond motifs is 5. The van der Waals surface area contributed by atoms with Crippen LogP contribution in [-0.2, 0) is 16.6 Å². The molecule has 0 radical (unpaired) electrons. The maximum Gasteiger partial charge on any atom is 0.307 e. The van der Waals surface area contributed by atoms with Crippen LogP contribution in [0.3, 0.4) is 0 Å². The zero-order valence-corrected chi connectivity index (χ0v) is 23.0. The number of carbonyl (C=O) groups excluding carboxylic acids is 5. The quantitative estimate of drug-likeness (QED) is 0.0975. The van der Waals surface area contributed by atoms with Crippen LogP contribution in [0.2, 0.25) is 0 Å². The first-order valence-corrected chi connectivity index (χ1v) is 13.4. The van der Waals surface area contributed by atoms with E-state index in [1.54, 1.807) is 0 Å². The second-order valence-electron chi connectivity index (χ2n) is 10.6. The summed E-state index contributed by atoms with van der Waals surface area (Å²) >= 11 is 0. The van der Waals surface area contributed by atoms with Gasteiger partial charge in [-0.1, -0.05) is 6.07 Å². The SMILES string of the molecule is COC1=CC(=O)c2c(O)c3c(c(O)c2C1=O)C(=O)C1(CCc2cc4cc(C=NNC(=O)c5ccco5)[nH]c(=O)c4c(O)c21)C3=O. The average molecular weight is 610 g/mol. The minimum atomic E-state index is -2.15. The van der Waals surface area contributed by atoms with Crippen LogP contribution in [0.25, 0.3) is 10.8 Å². The Labute approximate surface area is 250 Å². The number of aromatic amines is 1. The molecule has 1 atom stereocenters. The Kier molecular flexibility index (Phi) is 5.71. The van der Waals surface area contributed by atoms with Crippen molar-refractivity contribution < 1.29 is 48.4 Å². The monoisotopic (exact) mass is 609 g/mol. The number of benzene rings is 2. The number of phenolic OH excluding ortho intramolecular Hbond substituents is 3. The van der Waals surface area contributed by atoms with Crippen LogP contribution >= 0.6 is 0 Å². The number of hydrogen-bond donors (Lipinski definition) is 5. The van der Waals surface area contributed by atoms with Crippen molar-refractivity contribution in [1.82, 2.24) is 10.4 Å². The summed E-state index contributed by atoms with van der Waals surface area (Å²) in [4.78, 5) is 81.6. The number of rotatable bonds is 4. The number of ketones is 4. The lowest BCUT2D eigenvalue weighted by molar-refractivity contribution is 0.0790. The molecule has 0 bridgehead atoms. The summed E-state index contributed by atoms with van der Waals surface area (Å²) in [5, 5.41) is 37.5. The summed E-state index contributed by atoms with van der Waals surface area (Å²) < 4.78 is 9.89. The van der Waals surface area contributed by atoms with Gasteiger partial charge in [-0.15, -0.1) is 0 Å². The van der Waals surface area contributed by atoms with Gasteiger partial charge in [0.25, 0.3) is 5.56 Å². The predicted octanol–water partition coefficient (Wildman–Crippen LogP) is 2.17. The number of H-pyrrole nitrogens is 1. The number of allylic oxidation sites excluding steroid dienone is 2. The normalized spacial score (nSPS) is 18.5. The van der Waals surface area contributed by atoms with Crippen molar-refractivity contribution in [3.8, 4) is 17.2 Å². The van der Waals surface area contributed by atoms with E-state index in [4.69, 9.17) is 9.15 Å². The van der Waals surface area contributed by atoms with E-state index in [-0.39, 0.29) is 40.6 Å². The number of amides is 1. The van der Waals surface area contributed by atoms with E-state index < -0.39 is 85.3 Å². The number of aromatic nitrogens is 1. The molecule has 1 spiro atoms. The number of ether oxygens (including phenoxy) is 1. The van der Waals surface area contributed by atoms with Crippen molar-refractivity contribution in [1.29, 1.82) is 0 Å². The summed E-state index contributed by atoms with van der Waals surface area (Å²) in [6.07, 6.45) is 3.16. The van der Waals surface area contributed by atoms with Crippen molar-refractivity contribution in [2.24, 2.45) is 5.10 Å². The molecule has 14 heteroatoms. The van der Waals surface area contributed by atoms with Gasteiger partial charge in [-0.3, -0.25) is 28.8 Å². The minimum Gasteiger partial charge on any atom is -0.507 e. The summed E-state index contributed by atoms with van der Waals surface area (Å²) in [5.74, 6) is -7.54. The highest BCUT2D eigenvalue weighted by molar-refractivity contribution is 6.38. The van der Waals surface area contributed by atoms with Gasteiger partial charge in [-0.25, -0.2) is 5.43 Å². The van der Waals surface area contributed by atoms with Gasteiger partial charge in [-0.2, -0.15) is 5.10 Å². The van der Waals surface area contributed by atoms with E-state index in [1.807, 2.05) is 0 Å². The third kappa shape index (κ3) is 3.53. The molecule has 0 aliphatic heterocycles. The molecule has 4 aromatic rings. The maximum atomic E-state index is 14.1. The number of carbonyl (C=O) groups is 5. The van der Waals surface area contributed by atoms with Crippen LogP contribution in [0.15, 0.2) is 56.7 Å². The number of nitrogens with one attached hydrogen (secondary N) is 2. The highest BCUT2D eigenvalue weighted by Crippen LogP contribution is 2.57. The molecule has 1 amide bonds. The molecule has 2 aromatic heterocycles. The van der Waals surface area contributed by atoms with Crippen LogP contribution in [0, 0.1) is 0 Å². The molecule has 0 saturated carbocycles. The van der Waals surface area contributed by atoms with Gasteiger partial charge < -0.3 is 29.5 Å². The molecule has 0 fully saturated rings. The maximum absolute atomic E-state index is 14.1. The number of pyridine rings is 1. The van der Waals surface area contributed by atoms with Crippen molar-refractivity contribution in [3.05, 3.63) is 97.6 Å². The van der Waals surface area contributed by atoms with E-state index in [9.17, 15) is 44.1 Å². The Bertz CT molecular complexity index is 2220. The lowest BCUT2D eigenvalue weighted by atomic mass is 9.76. The summed E-state index contributed by atoms with van der Waals surface area (Å²) in [6.45, 7) is 0. The Morgan fingerprint density at radius 2 is 1.73 bits per heavy atom. The summed E-state index contributed by atoms with van der Waals surface area (Å²) in [5.41, 5.74) is -3.05. The first-order chi connectivity index (χ1) is 21.5. The average Bonchev–Trinajstić information content (AvgIpc) is 3.72. The Morgan fingerprint density at radius 3 is 2.40 bits per heavy atom. The Hall–Kier alpha value is -6.31. The topological polar surface area (TPSA) is 226 Å². The van der Waals surface area contributed by atoms with Crippen molar-refractivity contribution in [2.45, 2.75) is 18.3 Å². The van der Waals surface area contributed by atoms with Crippen LogP contribution in [0.5, 0.6) is 17.2 Å². The Morgan fingerprint density at radius 1 is 1.02 bits per heavy atom. The molecule has 2 aromatic carbocycles. The molecule has 0 saturated heterocycles. The second kappa shape index (κ2) is 9.34. The fourth-order valence-electron chi connectivity index (χ4n) is 6.45. The lowest BCUT2D eigenvalue weighted by Gasteiger charge is -2.22. The minimum absolute atomic E-state index is 0.0168. The van der Waals surface area contributed by atoms with Gasteiger partial charge in [0, 0.05) is 11.6 Å². The number of furan rings is 1. The predicted molar refractivity (Wildman–Crippen MR) is 152 cm³/mol. The highest BCUT2D eigenvalue weighted by atomic mass is 16.5. The molecule has 14 nitrogen and oxygen atoms in total. The molecule has 3 aliphatic carbocycles. The smallest absolute Gasteiger partial charge is 0.307 e. The molecule has 224 valence electrons.